The number of aryl methyl sites for hydroxylation is 1. The summed E-state index contributed by atoms with van der Waals surface area (Å²) in [5.74, 6) is 1.23. The van der Waals surface area contributed by atoms with Crippen molar-refractivity contribution in [1.29, 1.82) is 0 Å². The van der Waals surface area contributed by atoms with E-state index in [9.17, 15) is 4.39 Å². The van der Waals surface area contributed by atoms with Crippen LogP contribution in [-0.2, 0) is 12.8 Å². The van der Waals surface area contributed by atoms with Crippen LogP contribution < -0.4 is 15.4 Å². The minimum Gasteiger partial charge on any atom is -0.493 e. The first-order valence-corrected chi connectivity index (χ1v) is 18.4. The van der Waals surface area contributed by atoms with Gasteiger partial charge in [0.05, 0.1) is 6.61 Å². The molecule has 0 aromatic heterocycles. The van der Waals surface area contributed by atoms with E-state index in [-0.39, 0.29) is 5.82 Å². The van der Waals surface area contributed by atoms with Gasteiger partial charge in [0, 0.05) is 17.8 Å². The molecule has 0 aliphatic carbocycles. The Morgan fingerprint density at radius 2 is 1.61 bits per heavy atom. The SMILES string of the molecule is C/C=C\C(=C/C)CCCCCCc1ccc(C2CCNCC2)cc1.C=C(CC)NCCc1c(F)cccc1OCCC.CC.CC. The van der Waals surface area contributed by atoms with Crippen molar-refractivity contribution in [1.82, 2.24) is 10.6 Å². The summed E-state index contributed by atoms with van der Waals surface area (Å²) in [5, 5.41) is 6.63. The molecular weight excluding hydrogens is 567 g/mol. The average Bonchev–Trinajstić information content (AvgIpc) is 3.11. The molecule has 1 heterocycles. The van der Waals surface area contributed by atoms with Crippen molar-refractivity contribution in [2.75, 3.05) is 26.2 Å². The fraction of sp³-hybridized carbons (Fsp3) is 0.571. The van der Waals surface area contributed by atoms with Gasteiger partial charge in [-0.05, 0) is 114 Å². The monoisotopic (exact) mass is 637 g/mol. The van der Waals surface area contributed by atoms with Gasteiger partial charge in [-0.15, -0.1) is 0 Å². The number of hydrogen-bond acceptors (Lipinski definition) is 3. The van der Waals surface area contributed by atoms with Crippen LogP contribution in [0, 0.1) is 5.82 Å². The Balaban J connectivity index is 0.000000821. The number of rotatable bonds is 17. The van der Waals surface area contributed by atoms with Crippen LogP contribution in [0.5, 0.6) is 5.75 Å². The molecule has 0 atom stereocenters. The third-order valence-corrected chi connectivity index (χ3v) is 7.94. The standard InChI is InChI=1S/C23H35N.C15H22FNO.2C2H6/c1-3-9-20(4-2)10-7-5-6-8-11-21-12-14-22(15-13-21)23-16-18-24-19-17-23;1-4-11-18-15-8-6-7-14(16)13(15)9-10-17-12(3)5-2;2*1-2/h3-4,9,12-15,23-24H,5-8,10-11,16-19H2,1-2H3;6-8,17H,3-5,9-11H2,1-2H3;2*1-2H3/b9-3-,20-4+;;;. The lowest BCUT2D eigenvalue weighted by molar-refractivity contribution is 0.311. The van der Waals surface area contributed by atoms with Gasteiger partial charge in [-0.1, -0.05) is 115 Å². The molecule has 3 rings (SSSR count). The zero-order valence-electron chi connectivity index (χ0n) is 31.0. The topological polar surface area (TPSA) is 33.3 Å². The van der Waals surface area contributed by atoms with Crippen LogP contribution in [0.3, 0.4) is 0 Å². The number of piperidine rings is 1. The molecule has 0 radical (unpaired) electrons. The number of allylic oxidation sites excluding steroid dienone is 5. The number of unbranched alkanes of at least 4 members (excludes halogenated alkanes) is 3. The van der Waals surface area contributed by atoms with Gasteiger partial charge in [-0.2, -0.15) is 0 Å². The second kappa shape index (κ2) is 29.5. The molecule has 1 aliphatic rings. The summed E-state index contributed by atoms with van der Waals surface area (Å²) in [6, 6.07) is 14.5. The second-order valence-electron chi connectivity index (χ2n) is 11.2. The molecule has 2 aromatic rings. The van der Waals surface area contributed by atoms with Crippen molar-refractivity contribution in [3.63, 3.8) is 0 Å². The minimum absolute atomic E-state index is 0.201. The van der Waals surface area contributed by atoms with Gasteiger partial charge in [0.2, 0.25) is 0 Å². The summed E-state index contributed by atoms with van der Waals surface area (Å²) in [4.78, 5) is 0. The van der Waals surface area contributed by atoms with E-state index >= 15 is 0 Å². The molecule has 0 spiro atoms. The van der Waals surface area contributed by atoms with Crippen molar-refractivity contribution in [2.24, 2.45) is 0 Å². The summed E-state index contributed by atoms with van der Waals surface area (Å²) in [7, 11) is 0. The van der Waals surface area contributed by atoms with Gasteiger partial charge >= 0.3 is 0 Å². The highest BCUT2D eigenvalue weighted by molar-refractivity contribution is 5.35. The highest BCUT2D eigenvalue weighted by atomic mass is 19.1. The summed E-state index contributed by atoms with van der Waals surface area (Å²) in [5.41, 5.74) is 6.15. The molecule has 2 aromatic carbocycles. The largest absolute Gasteiger partial charge is 0.493 e. The molecule has 0 saturated carbocycles. The summed E-state index contributed by atoms with van der Waals surface area (Å²) in [6.07, 6.45) is 19.4. The first-order chi connectivity index (χ1) is 22.5. The van der Waals surface area contributed by atoms with Crippen LogP contribution in [0.4, 0.5) is 4.39 Å². The molecule has 0 bridgehead atoms. The molecule has 0 amide bonds. The van der Waals surface area contributed by atoms with Gasteiger partial charge in [0.15, 0.2) is 0 Å². The fourth-order valence-corrected chi connectivity index (χ4v) is 5.28. The molecule has 0 unspecified atom stereocenters. The summed E-state index contributed by atoms with van der Waals surface area (Å²) in [6.45, 7) is 23.8. The first kappa shape index (κ1) is 43.1. The van der Waals surface area contributed by atoms with Gasteiger partial charge in [0.25, 0.3) is 0 Å². The minimum atomic E-state index is -0.201. The predicted molar refractivity (Wildman–Crippen MR) is 203 cm³/mol. The zero-order valence-corrected chi connectivity index (χ0v) is 31.0. The molecule has 4 heteroatoms. The number of nitrogens with one attached hydrogen (secondary N) is 2. The number of hydrogen-bond donors (Lipinski definition) is 2. The lowest BCUT2D eigenvalue weighted by atomic mass is 9.89. The van der Waals surface area contributed by atoms with Crippen molar-refractivity contribution >= 4 is 0 Å². The Bertz CT molecular complexity index is 1070. The average molecular weight is 637 g/mol. The van der Waals surface area contributed by atoms with E-state index in [1.54, 1.807) is 11.6 Å². The Hall–Kier alpha value is -2.85. The summed E-state index contributed by atoms with van der Waals surface area (Å²) < 4.78 is 19.3. The van der Waals surface area contributed by atoms with Crippen LogP contribution in [-0.4, -0.2) is 26.2 Å². The summed E-state index contributed by atoms with van der Waals surface area (Å²) >= 11 is 0. The number of ether oxygens (including phenoxy) is 1. The van der Waals surface area contributed by atoms with Crippen molar-refractivity contribution < 1.29 is 9.13 Å². The third kappa shape index (κ3) is 19.0. The van der Waals surface area contributed by atoms with Crippen molar-refractivity contribution in [2.45, 2.75) is 132 Å². The lowest BCUT2D eigenvalue weighted by Crippen LogP contribution is -2.26. The molecule has 3 nitrogen and oxygen atoms in total. The molecule has 1 aliphatic heterocycles. The van der Waals surface area contributed by atoms with E-state index in [4.69, 9.17) is 4.74 Å². The van der Waals surface area contributed by atoms with E-state index in [0.29, 0.717) is 30.9 Å². The Morgan fingerprint density at radius 1 is 0.935 bits per heavy atom. The van der Waals surface area contributed by atoms with Crippen LogP contribution in [0.15, 0.2) is 78.5 Å². The van der Waals surface area contributed by atoms with Crippen LogP contribution >= 0.6 is 0 Å². The Kier molecular flexibility index (Phi) is 27.7. The van der Waals surface area contributed by atoms with Crippen molar-refractivity contribution in [3.8, 4) is 5.75 Å². The zero-order chi connectivity index (χ0) is 34.4. The van der Waals surface area contributed by atoms with E-state index in [0.717, 1.165) is 24.5 Å². The molecule has 260 valence electrons. The van der Waals surface area contributed by atoms with E-state index in [1.165, 1.54) is 81.7 Å². The van der Waals surface area contributed by atoms with Crippen molar-refractivity contribution in [3.05, 3.63) is 101 Å². The molecule has 46 heavy (non-hydrogen) atoms. The second-order valence-corrected chi connectivity index (χ2v) is 11.2. The maximum absolute atomic E-state index is 13.8. The third-order valence-electron chi connectivity index (χ3n) is 7.94. The molecular formula is C42H69FN2O. The quantitative estimate of drug-likeness (QED) is 0.134. The Morgan fingerprint density at radius 3 is 2.22 bits per heavy atom. The van der Waals surface area contributed by atoms with Crippen LogP contribution in [0.1, 0.15) is 136 Å². The van der Waals surface area contributed by atoms with Crippen LogP contribution in [0.25, 0.3) is 0 Å². The maximum atomic E-state index is 13.8. The molecule has 1 fully saturated rings. The predicted octanol–water partition coefficient (Wildman–Crippen LogP) is 11.9. The molecule has 1 saturated heterocycles. The van der Waals surface area contributed by atoms with E-state index in [1.807, 2.05) is 47.6 Å². The first-order valence-electron chi connectivity index (χ1n) is 18.4. The van der Waals surface area contributed by atoms with E-state index in [2.05, 4.69) is 73.6 Å². The molecule has 2 N–H and O–H groups in total. The fourth-order valence-electron chi connectivity index (χ4n) is 5.28. The van der Waals surface area contributed by atoms with Gasteiger partial charge in [0.1, 0.15) is 11.6 Å². The highest BCUT2D eigenvalue weighted by Crippen LogP contribution is 2.26. The smallest absolute Gasteiger partial charge is 0.130 e. The maximum Gasteiger partial charge on any atom is 0.130 e. The Labute approximate surface area is 284 Å². The van der Waals surface area contributed by atoms with Gasteiger partial charge in [-0.3, -0.25) is 0 Å². The normalized spacial score (nSPS) is 13.0. The highest BCUT2D eigenvalue weighted by Gasteiger charge is 2.14. The van der Waals surface area contributed by atoms with Crippen LogP contribution in [0.2, 0.25) is 0 Å². The number of halogens is 1. The van der Waals surface area contributed by atoms with E-state index < -0.39 is 0 Å². The number of benzene rings is 2. The van der Waals surface area contributed by atoms with Gasteiger partial charge < -0.3 is 15.4 Å². The lowest BCUT2D eigenvalue weighted by Gasteiger charge is -2.23. The van der Waals surface area contributed by atoms with Gasteiger partial charge in [-0.25, -0.2) is 4.39 Å².